The van der Waals surface area contributed by atoms with Gasteiger partial charge in [-0.05, 0) is 18.2 Å². The van der Waals surface area contributed by atoms with Gasteiger partial charge < -0.3 is 0 Å². The zero-order valence-corrected chi connectivity index (χ0v) is 13.9. The molecule has 0 spiro atoms. The Kier molecular flexibility index (Phi) is 6.08. The third-order valence-electron chi connectivity index (χ3n) is 2.19. The van der Waals surface area contributed by atoms with Gasteiger partial charge in [-0.3, -0.25) is 0 Å². The van der Waals surface area contributed by atoms with Crippen LogP contribution in [0.3, 0.4) is 0 Å². The second-order valence-electron chi connectivity index (χ2n) is 3.68. The van der Waals surface area contributed by atoms with E-state index in [-0.39, 0.29) is 23.0 Å². The van der Waals surface area contributed by atoms with Gasteiger partial charge in [0.25, 0.3) is 0 Å². The summed E-state index contributed by atoms with van der Waals surface area (Å²) in [5.41, 5.74) is 0. The van der Waals surface area contributed by atoms with Crippen LogP contribution in [0, 0.1) is 0 Å². The molecule has 0 amide bonds. The Morgan fingerprint density at radius 3 is 2.53 bits per heavy atom. The molecular formula is C12H12BrCl2NO2S. The molecule has 0 aliphatic heterocycles. The summed E-state index contributed by atoms with van der Waals surface area (Å²) in [7, 11) is -3.73. The summed E-state index contributed by atoms with van der Waals surface area (Å²) in [4.78, 5) is 0.00849. The Hall–Kier alpha value is -0.330. The summed E-state index contributed by atoms with van der Waals surface area (Å²) in [6, 6.07) is 4.26. The highest BCUT2D eigenvalue weighted by atomic mass is 79.9. The maximum atomic E-state index is 12.5. The lowest BCUT2D eigenvalue weighted by Crippen LogP contribution is -2.32. The molecule has 7 heteroatoms. The standard InChI is InChI=1S/C12H12BrCl2NO2S/c1-3-6-16(8-9(2)13)19(17,18)12-5-4-10(14)7-11(12)15/h3-5,7H,1-2,6,8H2. The Balaban J connectivity index is 3.25. The van der Waals surface area contributed by atoms with Gasteiger partial charge in [0.2, 0.25) is 10.0 Å². The van der Waals surface area contributed by atoms with Crippen molar-refractivity contribution in [2.75, 3.05) is 13.1 Å². The number of halogens is 3. The monoisotopic (exact) mass is 383 g/mol. The molecule has 0 radical (unpaired) electrons. The molecule has 3 nitrogen and oxygen atoms in total. The number of benzene rings is 1. The second kappa shape index (κ2) is 6.90. The smallest absolute Gasteiger partial charge is 0.207 e. The van der Waals surface area contributed by atoms with Crippen LogP contribution < -0.4 is 0 Å². The first-order valence-electron chi connectivity index (χ1n) is 5.18. The Bertz CT molecular complexity index is 602. The molecule has 19 heavy (non-hydrogen) atoms. The fraction of sp³-hybridized carbons (Fsp3) is 0.167. The predicted octanol–water partition coefficient (Wildman–Crippen LogP) is 4.08. The van der Waals surface area contributed by atoms with Crippen LogP contribution in [0.4, 0.5) is 0 Å². The molecule has 0 heterocycles. The maximum absolute atomic E-state index is 12.5. The number of hydrogen-bond acceptors (Lipinski definition) is 2. The van der Waals surface area contributed by atoms with Gasteiger partial charge in [-0.15, -0.1) is 6.58 Å². The van der Waals surface area contributed by atoms with Crippen LogP contribution in [0.5, 0.6) is 0 Å². The van der Waals surface area contributed by atoms with Crippen molar-refractivity contribution in [1.29, 1.82) is 0 Å². The van der Waals surface area contributed by atoms with E-state index in [2.05, 4.69) is 29.1 Å². The first-order chi connectivity index (χ1) is 8.78. The lowest BCUT2D eigenvalue weighted by Gasteiger charge is -2.21. The van der Waals surface area contributed by atoms with Gasteiger partial charge in [0, 0.05) is 22.6 Å². The summed E-state index contributed by atoms with van der Waals surface area (Å²) in [6.45, 7) is 7.48. The second-order valence-corrected chi connectivity index (χ2v) is 7.55. The summed E-state index contributed by atoms with van der Waals surface area (Å²) >= 11 is 14.9. The van der Waals surface area contributed by atoms with Crippen LogP contribution in [-0.2, 0) is 10.0 Å². The van der Waals surface area contributed by atoms with E-state index >= 15 is 0 Å². The Morgan fingerprint density at radius 2 is 2.05 bits per heavy atom. The SMILES string of the molecule is C=CCN(CC(=C)Br)S(=O)(=O)c1ccc(Cl)cc1Cl. The highest BCUT2D eigenvalue weighted by molar-refractivity contribution is 9.11. The topological polar surface area (TPSA) is 37.4 Å². The average Bonchev–Trinajstić information content (AvgIpc) is 2.27. The molecule has 0 aliphatic rings. The van der Waals surface area contributed by atoms with Gasteiger partial charge in [0.05, 0.1) is 5.02 Å². The van der Waals surface area contributed by atoms with E-state index < -0.39 is 10.0 Å². The van der Waals surface area contributed by atoms with Crippen molar-refractivity contribution in [3.05, 3.63) is 52.0 Å². The van der Waals surface area contributed by atoms with Crippen molar-refractivity contribution in [3.63, 3.8) is 0 Å². The van der Waals surface area contributed by atoms with Crippen LogP contribution in [0.15, 0.2) is 46.8 Å². The summed E-state index contributed by atoms with van der Waals surface area (Å²) in [5.74, 6) is 0. The molecular weight excluding hydrogens is 373 g/mol. The third kappa shape index (κ3) is 4.33. The van der Waals surface area contributed by atoms with Crippen molar-refractivity contribution in [2.45, 2.75) is 4.90 Å². The Morgan fingerprint density at radius 1 is 1.42 bits per heavy atom. The molecule has 0 unspecified atom stereocenters. The van der Waals surface area contributed by atoms with E-state index in [1.165, 1.54) is 28.6 Å². The van der Waals surface area contributed by atoms with Crippen LogP contribution >= 0.6 is 39.1 Å². The molecule has 0 saturated carbocycles. The average molecular weight is 385 g/mol. The fourth-order valence-electron chi connectivity index (χ4n) is 1.41. The van der Waals surface area contributed by atoms with Gasteiger partial charge >= 0.3 is 0 Å². The molecule has 1 rings (SSSR count). The predicted molar refractivity (Wildman–Crippen MR) is 83.5 cm³/mol. The largest absolute Gasteiger partial charge is 0.245 e. The minimum atomic E-state index is -3.73. The minimum absolute atomic E-state index is 0.00849. The van der Waals surface area contributed by atoms with E-state index in [0.29, 0.717) is 9.51 Å². The molecule has 0 saturated heterocycles. The molecule has 0 atom stereocenters. The molecule has 0 bridgehead atoms. The van der Waals surface area contributed by atoms with E-state index in [0.717, 1.165) is 0 Å². The van der Waals surface area contributed by atoms with Crippen molar-refractivity contribution < 1.29 is 8.42 Å². The van der Waals surface area contributed by atoms with Crippen molar-refractivity contribution in [2.24, 2.45) is 0 Å². The number of sulfonamides is 1. The van der Waals surface area contributed by atoms with Gasteiger partial charge in [0.1, 0.15) is 4.90 Å². The number of nitrogens with zero attached hydrogens (tertiary/aromatic N) is 1. The maximum Gasteiger partial charge on any atom is 0.245 e. The number of hydrogen-bond donors (Lipinski definition) is 0. The lowest BCUT2D eigenvalue weighted by atomic mass is 10.4. The highest BCUT2D eigenvalue weighted by Crippen LogP contribution is 2.28. The van der Waals surface area contributed by atoms with Gasteiger partial charge in [-0.2, -0.15) is 4.31 Å². The molecule has 0 aliphatic carbocycles. The van der Waals surface area contributed by atoms with Crippen molar-refractivity contribution in [3.8, 4) is 0 Å². The van der Waals surface area contributed by atoms with Gasteiger partial charge in [-0.25, -0.2) is 8.42 Å². The van der Waals surface area contributed by atoms with E-state index in [9.17, 15) is 8.42 Å². The zero-order valence-electron chi connectivity index (χ0n) is 9.94. The quantitative estimate of drug-likeness (QED) is 0.693. The van der Waals surface area contributed by atoms with E-state index in [1.807, 2.05) is 0 Å². The van der Waals surface area contributed by atoms with Crippen LogP contribution in [0.25, 0.3) is 0 Å². The van der Waals surface area contributed by atoms with Crippen LogP contribution in [-0.4, -0.2) is 25.8 Å². The summed E-state index contributed by atoms with van der Waals surface area (Å²) in [6.07, 6.45) is 1.50. The summed E-state index contributed by atoms with van der Waals surface area (Å²) in [5, 5.41) is 0.464. The summed E-state index contributed by atoms with van der Waals surface area (Å²) < 4.78 is 26.7. The third-order valence-corrected chi connectivity index (χ3v) is 4.97. The number of rotatable bonds is 6. The van der Waals surface area contributed by atoms with Crippen molar-refractivity contribution >= 4 is 49.2 Å². The molecule has 0 N–H and O–H groups in total. The normalized spacial score (nSPS) is 11.6. The van der Waals surface area contributed by atoms with Crippen LogP contribution in [0.1, 0.15) is 0 Å². The Labute approximate surface area is 131 Å². The first kappa shape index (κ1) is 16.7. The first-order valence-corrected chi connectivity index (χ1v) is 8.17. The molecule has 0 aromatic heterocycles. The highest BCUT2D eigenvalue weighted by Gasteiger charge is 2.26. The van der Waals surface area contributed by atoms with Gasteiger partial charge in [0.15, 0.2) is 0 Å². The zero-order chi connectivity index (χ0) is 14.6. The minimum Gasteiger partial charge on any atom is -0.207 e. The lowest BCUT2D eigenvalue weighted by molar-refractivity contribution is 0.473. The van der Waals surface area contributed by atoms with Crippen molar-refractivity contribution in [1.82, 2.24) is 4.31 Å². The van der Waals surface area contributed by atoms with E-state index in [1.54, 1.807) is 0 Å². The van der Waals surface area contributed by atoms with E-state index in [4.69, 9.17) is 23.2 Å². The molecule has 1 aromatic rings. The van der Waals surface area contributed by atoms with Crippen LogP contribution in [0.2, 0.25) is 10.0 Å². The molecule has 0 fully saturated rings. The molecule has 104 valence electrons. The molecule has 1 aromatic carbocycles. The fourth-order valence-corrected chi connectivity index (χ4v) is 4.03. The van der Waals surface area contributed by atoms with Gasteiger partial charge in [-0.1, -0.05) is 51.8 Å².